The van der Waals surface area contributed by atoms with E-state index < -0.39 is 0 Å². The number of hydrogen-bond donors (Lipinski definition) is 2. The van der Waals surface area contributed by atoms with Crippen LogP contribution in [-0.4, -0.2) is 24.5 Å². The van der Waals surface area contributed by atoms with Crippen molar-refractivity contribution in [2.45, 2.75) is 56.1 Å². The first kappa shape index (κ1) is 15.8. The van der Waals surface area contributed by atoms with Crippen molar-refractivity contribution in [2.24, 2.45) is 5.84 Å². The lowest BCUT2D eigenvalue weighted by molar-refractivity contribution is 0.101. The number of hydrazine groups is 1. The van der Waals surface area contributed by atoms with E-state index in [1.54, 1.807) is 0 Å². The van der Waals surface area contributed by atoms with Crippen LogP contribution in [0.2, 0.25) is 0 Å². The minimum absolute atomic E-state index is 0.376. The normalized spacial score (nSPS) is 20.2. The van der Waals surface area contributed by atoms with Gasteiger partial charge in [-0.15, -0.1) is 11.8 Å². The summed E-state index contributed by atoms with van der Waals surface area (Å²) in [7, 11) is 0. The molecule has 0 aliphatic carbocycles. The van der Waals surface area contributed by atoms with Crippen molar-refractivity contribution in [3.63, 3.8) is 0 Å². The van der Waals surface area contributed by atoms with E-state index in [1.165, 1.54) is 36.1 Å². The van der Waals surface area contributed by atoms with Gasteiger partial charge in [0.2, 0.25) is 0 Å². The second-order valence-corrected chi connectivity index (χ2v) is 6.57. The van der Waals surface area contributed by atoms with Gasteiger partial charge in [-0.1, -0.05) is 18.2 Å². The van der Waals surface area contributed by atoms with Crippen molar-refractivity contribution in [1.29, 1.82) is 0 Å². The van der Waals surface area contributed by atoms with Gasteiger partial charge in [0.1, 0.15) is 0 Å². The van der Waals surface area contributed by atoms with Gasteiger partial charge in [-0.3, -0.25) is 11.3 Å². The summed E-state index contributed by atoms with van der Waals surface area (Å²) in [5, 5.41) is 0. The number of rotatable bonds is 8. The largest absolute Gasteiger partial charge is 0.378 e. The molecular formula is C16H26N2OS. The lowest BCUT2D eigenvalue weighted by Crippen LogP contribution is -2.37. The summed E-state index contributed by atoms with van der Waals surface area (Å²) in [6, 6.07) is 8.89. The molecule has 2 rings (SSSR count). The highest BCUT2D eigenvalue weighted by Gasteiger charge is 2.16. The molecule has 0 saturated carbocycles. The van der Waals surface area contributed by atoms with Crippen LogP contribution in [0.1, 0.15) is 37.7 Å². The summed E-state index contributed by atoms with van der Waals surface area (Å²) in [4.78, 5) is 1.35. The summed E-state index contributed by atoms with van der Waals surface area (Å²) in [6.07, 6.45) is 6.44. The highest BCUT2D eigenvalue weighted by Crippen LogP contribution is 2.24. The maximum atomic E-state index is 5.67. The third-order valence-corrected chi connectivity index (χ3v) is 5.21. The van der Waals surface area contributed by atoms with Gasteiger partial charge in [0.15, 0.2) is 0 Å². The molecular weight excluding hydrogens is 268 g/mol. The molecule has 20 heavy (non-hydrogen) atoms. The fourth-order valence-corrected chi connectivity index (χ4v) is 3.70. The lowest BCUT2D eigenvalue weighted by atomic mass is 10.1. The van der Waals surface area contributed by atoms with E-state index in [1.807, 2.05) is 11.8 Å². The smallest absolute Gasteiger partial charge is 0.0576 e. The molecule has 0 bridgehead atoms. The molecule has 3 N–H and O–H groups in total. The standard InChI is InChI=1S/C16H26N2OS/c1-13-6-2-3-10-16(13)20-12-14(18-17)7-4-8-15-9-5-11-19-15/h2-3,6,10,14-15,18H,4-5,7-9,11-12,17H2,1H3. The Kier molecular flexibility index (Phi) is 6.87. The Morgan fingerprint density at radius 3 is 3.00 bits per heavy atom. The van der Waals surface area contributed by atoms with E-state index in [0.29, 0.717) is 12.1 Å². The van der Waals surface area contributed by atoms with Crippen molar-refractivity contribution in [3.8, 4) is 0 Å². The van der Waals surface area contributed by atoms with Crippen molar-refractivity contribution in [1.82, 2.24) is 5.43 Å². The van der Waals surface area contributed by atoms with Gasteiger partial charge in [0, 0.05) is 23.3 Å². The van der Waals surface area contributed by atoms with Gasteiger partial charge in [0.05, 0.1) is 6.10 Å². The van der Waals surface area contributed by atoms with E-state index in [0.717, 1.165) is 18.8 Å². The molecule has 3 nitrogen and oxygen atoms in total. The molecule has 1 aliphatic heterocycles. The zero-order valence-corrected chi connectivity index (χ0v) is 13.1. The monoisotopic (exact) mass is 294 g/mol. The SMILES string of the molecule is Cc1ccccc1SCC(CCCC1CCCO1)NN. The Balaban J connectivity index is 1.68. The number of thioether (sulfide) groups is 1. The van der Waals surface area contributed by atoms with Crippen LogP contribution in [0.4, 0.5) is 0 Å². The Bertz CT molecular complexity index is 394. The van der Waals surface area contributed by atoms with Crippen molar-refractivity contribution < 1.29 is 4.74 Å². The molecule has 2 unspecified atom stereocenters. The molecule has 0 spiro atoms. The highest BCUT2D eigenvalue weighted by atomic mass is 32.2. The first-order valence-corrected chi connectivity index (χ1v) is 8.54. The maximum Gasteiger partial charge on any atom is 0.0576 e. The molecule has 0 aromatic heterocycles. The second kappa shape index (κ2) is 8.67. The van der Waals surface area contributed by atoms with E-state index in [2.05, 4.69) is 36.6 Å². The highest BCUT2D eigenvalue weighted by molar-refractivity contribution is 7.99. The van der Waals surface area contributed by atoms with E-state index in [9.17, 15) is 0 Å². The van der Waals surface area contributed by atoms with Crippen LogP contribution >= 0.6 is 11.8 Å². The molecule has 0 amide bonds. The average molecular weight is 294 g/mol. The molecule has 2 atom stereocenters. The zero-order valence-electron chi connectivity index (χ0n) is 12.3. The van der Waals surface area contributed by atoms with Crippen LogP contribution in [0.25, 0.3) is 0 Å². The summed E-state index contributed by atoms with van der Waals surface area (Å²) in [6.45, 7) is 3.11. The third-order valence-electron chi connectivity index (χ3n) is 3.87. The molecule has 1 fully saturated rings. The van der Waals surface area contributed by atoms with Gasteiger partial charge in [0.25, 0.3) is 0 Å². The predicted octanol–water partition coefficient (Wildman–Crippen LogP) is 3.27. The van der Waals surface area contributed by atoms with Gasteiger partial charge in [-0.2, -0.15) is 0 Å². The first-order chi connectivity index (χ1) is 9.79. The van der Waals surface area contributed by atoms with E-state index in [-0.39, 0.29) is 0 Å². The molecule has 112 valence electrons. The van der Waals surface area contributed by atoms with Crippen molar-refractivity contribution in [3.05, 3.63) is 29.8 Å². The van der Waals surface area contributed by atoms with Crippen LogP contribution in [0.3, 0.4) is 0 Å². The fourth-order valence-electron chi connectivity index (χ4n) is 2.59. The van der Waals surface area contributed by atoms with Gasteiger partial charge in [-0.05, 0) is 50.7 Å². The number of benzene rings is 1. The Labute approximate surface area is 126 Å². The molecule has 4 heteroatoms. The van der Waals surface area contributed by atoms with Crippen LogP contribution in [0, 0.1) is 6.92 Å². The predicted molar refractivity (Wildman–Crippen MR) is 85.8 cm³/mol. The summed E-state index contributed by atoms with van der Waals surface area (Å²) < 4.78 is 5.66. The number of nitrogens with two attached hydrogens (primary N) is 1. The van der Waals surface area contributed by atoms with E-state index >= 15 is 0 Å². The zero-order chi connectivity index (χ0) is 14.2. The summed E-state index contributed by atoms with van der Waals surface area (Å²) in [5.74, 6) is 6.70. The quantitative estimate of drug-likeness (QED) is 0.439. The third kappa shape index (κ3) is 5.09. The first-order valence-electron chi connectivity index (χ1n) is 7.55. The Morgan fingerprint density at radius 2 is 2.30 bits per heavy atom. The van der Waals surface area contributed by atoms with Crippen LogP contribution < -0.4 is 11.3 Å². The fraction of sp³-hybridized carbons (Fsp3) is 0.625. The van der Waals surface area contributed by atoms with Gasteiger partial charge < -0.3 is 4.74 Å². The van der Waals surface area contributed by atoms with Gasteiger partial charge >= 0.3 is 0 Å². The molecule has 1 aromatic rings. The molecule has 1 heterocycles. The second-order valence-electron chi connectivity index (χ2n) is 5.51. The Hall–Kier alpha value is -0.550. The van der Waals surface area contributed by atoms with Crippen molar-refractivity contribution in [2.75, 3.05) is 12.4 Å². The van der Waals surface area contributed by atoms with Gasteiger partial charge in [-0.25, -0.2) is 0 Å². The molecule has 1 aromatic carbocycles. The molecule has 0 radical (unpaired) electrons. The number of ether oxygens (including phenoxy) is 1. The lowest BCUT2D eigenvalue weighted by Gasteiger charge is -2.17. The average Bonchev–Trinajstić information content (AvgIpc) is 2.97. The number of nitrogens with one attached hydrogen (secondary N) is 1. The topological polar surface area (TPSA) is 47.3 Å². The molecule has 1 saturated heterocycles. The maximum absolute atomic E-state index is 5.67. The number of aryl methyl sites for hydroxylation is 1. The molecule has 1 aliphatic rings. The van der Waals surface area contributed by atoms with Crippen molar-refractivity contribution >= 4 is 11.8 Å². The van der Waals surface area contributed by atoms with E-state index in [4.69, 9.17) is 10.6 Å². The van der Waals surface area contributed by atoms with Crippen LogP contribution in [-0.2, 0) is 4.74 Å². The Morgan fingerprint density at radius 1 is 1.45 bits per heavy atom. The number of hydrogen-bond acceptors (Lipinski definition) is 4. The minimum Gasteiger partial charge on any atom is -0.378 e. The summed E-state index contributed by atoms with van der Waals surface area (Å²) in [5.41, 5.74) is 4.30. The minimum atomic E-state index is 0.376. The van der Waals surface area contributed by atoms with Crippen LogP contribution in [0.5, 0.6) is 0 Å². The van der Waals surface area contributed by atoms with Crippen LogP contribution in [0.15, 0.2) is 29.2 Å². The summed E-state index contributed by atoms with van der Waals surface area (Å²) >= 11 is 1.89.